The number of aromatic nitrogens is 2. The van der Waals surface area contributed by atoms with Crippen molar-refractivity contribution < 1.29 is 9.84 Å². The molecular formula is C11H18N4O2. The molecule has 0 aliphatic carbocycles. The highest BCUT2D eigenvalue weighted by Gasteiger charge is 2.38. The molecule has 0 spiro atoms. The molecule has 0 bridgehead atoms. The molecule has 1 fully saturated rings. The minimum absolute atomic E-state index is 0.153. The zero-order chi connectivity index (χ0) is 12.5. The molecule has 94 valence electrons. The van der Waals surface area contributed by atoms with Crippen LogP contribution in [0, 0.1) is 0 Å². The van der Waals surface area contributed by atoms with Gasteiger partial charge in [-0.15, -0.1) is 0 Å². The largest absolute Gasteiger partial charge is 0.386 e. The average molecular weight is 238 g/mol. The first kappa shape index (κ1) is 12.1. The van der Waals surface area contributed by atoms with Gasteiger partial charge in [-0.05, 0) is 19.4 Å². The summed E-state index contributed by atoms with van der Waals surface area (Å²) < 4.78 is 5.27. The SMILES string of the molecule is CO[C@@H]1CCN(c2nccc(N)n2)C[C@]1(C)O. The van der Waals surface area contributed by atoms with Gasteiger partial charge in [0.2, 0.25) is 5.95 Å². The van der Waals surface area contributed by atoms with Crippen molar-refractivity contribution in [2.75, 3.05) is 30.8 Å². The fourth-order valence-electron chi connectivity index (χ4n) is 2.21. The Hall–Kier alpha value is -1.40. The van der Waals surface area contributed by atoms with Crippen LogP contribution in [0.3, 0.4) is 0 Å². The molecule has 2 rings (SSSR count). The molecule has 6 nitrogen and oxygen atoms in total. The molecule has 1 aromatic heterocycles. The van der Waals surface area contributed by atoms with Crippen LogP contribution in [0.5, 0.6) is 0 Å². The second-order valence-electron chi connectivity index (χ2n) is 4.57. The first-order valence-electron chi connectivity index (χ1n) is 5.61. The van der Waals surface area contributed by atoms with E-state index in [1.165, 1.54) is 0 Å². The summed E-state index contributed by atoms with van der Waals surface area (Å²) in [5.41, 5.74) is 4.72. The molecule has 0 unspecified atom stereocenters. The third-order valence-electron chi connectivity index (χ3n) is 3.10. The number of nitrogens with zero attached hydrogens (tertiary/aromatic N) is 3. The van der Waals surface area contributed by atoms with Crippen molar-refractivity contribution in [2.24, 2.45) is 0 Å². The Labute approximate surface area is 100 Å². The van der Waals surface area contributed by atoms with E-state index < -0.39 is 5.60 Å². The van der Waals surface area contributed by atoms with Crippen LogP contribution in [-0.4, -0.2) is 47.0 Å². The lowest BCUT2D eigenvalue weighted by atomic mass is 9.92. The van der Waals surface area contributed by atoms with Crippen molar-refractivity contribution in [3.8, 4) is 0 Å². The monoisotopic (exact) mass is 238 g/mol. The maximum atomic E-state index is 10.3. The Morgan fingerprint density at radius 2 is 2.41 bits per heavy atom. The first-order valence-corrected chi connectivity index (χ1v) is 5.61. The van der Waals surface area contributed by atoms with Crippen LogP contribution in [0.25, 0.3) is 0 Å². The summed E-state index contributed by atoms with van der Waals surface area (Å²) in [5.74, 6) is 0.989. The normalized spacial score (nSPS) is 29.4. The van der Waals surface area contributed by atoms with Crippen molar-refractivity contribution in [1.29, 1.82) is 0 Å². The van der Waals surface area contributed by atoms with Gasteiger partial charge in [0.05, 0.1) is 12.6 Å². The first-order chi connectivity index (χ1) is 8.03. The number of rotatable bonds is 2. The zero-order valence-corrected chi connectivity index (χ0v) is 10.1. The highest BCUT2D eigenvalue weighted by molar-refractivity contribution is 5.38. The van der Waals surface area contributed by atoms with E-state index in [0.717, 1.165) is 13.0 Å². The van der Waals surface area contributed by atoms with Crippen LogP contribution in [-0.2, 0) is 4.74 Å². The molecule has 17 heavy (non-hydrogen) atoms. The maximum Gasteiger partial charge on any atom is 0.227 e. The molecule has 1 aliphatic heterocycles. The molecule has 1 aromatic rings. The second kappa shape index (κ2) is 4.46. The van der Waals surface area contributed by atoms with E-state index in [0.29, 0.717) is 18.3 Å². The lowest BCUT2D eigenvalue weighted by Gasteiger charge is -2.42. The molecule has 0 aromatic carbocycles. The van der Waals surface area contributed by atoms with Crippen LogP contribution in [0.15, 0.2) is 12.3 Å². The highest BCUT2D eigenvalue weighted by atomic mass is 16.5. The fourth-order valence-corrected chi connectivity index (χ4v) is 2.21. The molecule has 3 N–H and O–H groups in total. The van der Waals surface area contributed by atoms with Crippen molar-refractivity contribution in [2.45, 2.75) is 25.0 Å². The van der Waals surface area contributed by atoms with E-state index >= 15 is 0 Å². The molecule has 0 radical (unpaired) electrons. The summed E-state index contributed by atoms with van der Waals surface area (Å²) in [5, 5.41) is 10.3. The van der Waals surface area contributed by atoms with Crippen molar-refractivity contribution in [3.05, 3.63) is 12.3 Å². The second-order valence-corrected chi connectivity index (χ2v) is 4.57. The molecular weight excluding hydrogens is 220 g/mol. The lowest BCUT2D eigenvalue weighted by Crippen LogP contribution is -2.56. The molecule has 0 saturated carbocycles. The standard InChI is InChI=1S/C11H18N4O2/c1-11(16)7-15(6-4-8(11)17-2)10-13-5-3-9(12)14-10/h3,5,8,16H,4,6-7H2,1-2H3,(H2,12,13,14)/t8-,11+/m1/s1. The maximum absolute atomic E-state index is 10.3. The Morgan fingerprint density at radius 3 is 3.00 bits per heavy atom. The van der Waals surface area contributed by atoms with Gasteiger partial charge in [0.15, 0.2) is 0 Å². The van der Waals surface area contributed by atoms with Crippen molar-refractivity contribution in [1.82, 2.24) is 9.97 Å². The quantitative estimate of drug-likeness (QED) is 0.756. The van der Waals surface area contributed by atoms with Gasteiger partial charge in [0.1, 0.15) is 11.4 Å². The predicted octanol–water partition coefficient (Wildman–Crippen LogP) is 0.0349. The number of hydrogen-bond acceptors (Lipinski definition) is 6. The van der Waals surface area contributed by atoms with Crippen LogP contribution >= 0.6 is 0 Å². The Balaban J connectivity index is 2.15. The van der Waals surface area contributed by atoms with E-state index in [4.69, 9.17) is 10.5 Å². The summed E-state index contributed by atoms with van der Waals surface area (Å²) in [7, 11) is 1.62. The zero-order valence-electron chi connectivity index (χ0n) is 10.1. The number of piperidine rings is 1. The summed E-state index contributed by atoms with van der Waals surface area (Å²) >= 11 is 0. The highest BCUT2D eigenvalue weighted by Crippen LogP contribution is 2.25. The van der Waals surface area contributed by atoms with Crippen molar-refractivity contribution in [3.63, 3.8) is 0 Å². The summed E-state index contributed by atoms with van der Waals surface area (Å²) in [6.45, 7) is 2.95. The number of methoxy groups -OCH3 is 1. The summed E-state index contributed by atoms with van der Waals surface area (Å²) in [6.07, 6.45) is 2.20. The Morgan fingerprint density at radius 1 is 1.65 bits per heavy atom. The van der Waals surface area contributed by atoms with Gasteiger partial charge in [-0.25, -0.2) is 4.98 Å². The van der Waals surface area contributed by atoms with Crippen LogP contribution in [0.2, 0.25) is 0 Å². The molecule has 1 saturated heterocycles. The Bertz CT molecular complexity index is 397. The van der Waals surface area contributed by atoms with E-state index in [-0.39, 0.29) is 6.10 Å². The number of hydrogen-bond donors (Lipinski definition) is 2. The lowest BCUT2D eigenvalue weighted by molar-refractivity contribution is -0.0892. The molecule has 1 aliphatic rings. The molecule has 2 heterocycles. The van der Waals surface area contributed by atoms with Crippen LogP contribution in [0.4, 0.5) is 11.8 Å². The topological polar surface area (TPSA) is 84.5 Å². The summed E-state index contributed by atoms with van der Waals surface area (Å²) in [4.78, 5) is 10.2. The van der Waals surface area contributed by atoms with Crippen molar-refractivity contribution >= 4 is 11.8 Å². The van der Waals surface area contributed by atoms with Gasteiger partial charge < -0.3 is 20.5 Å². The van der Waals surface area contributed by atoms with E-state index in [2.05, 4.69) is 9.97 Å². The van der Waals surface area contributed by atoms with Gasteiger partial charge in [-0.2, -0.15) is 4.98 Å². The van der Waals surface area contributed by atoms with Gasteiger partial charge >= 0.3 is 0 Å². The minimum Gasteiger partial charge on any atom is -0.386 e. The predicted molar refractivity (Wildman–Crippen MR) is 64.7 cm³/mol. The number of aliphatic hydroxyl groups is 1. The van der Waals surface area contributed by atoms with Crippen LogP contribution < -0.4 is 10.6 Å². The third kappa shape index (κ3) is 2.48. The van der Waals surface area contributed by atoms with E-state index in [1.54, 1.807) is 26.3 Å². The summed E-state index contributed by atoms with van der Waals surface area (Å²) in [6, 6.07) is 1.64. The minimum atomic E-state index is -0.902. The molecule has 2 atom stereocenters. The number of ether oxygens (including phenoxy) is 1. The van der Waals surface area contributed by atoms with Crippen LogP contribution in [0.1, 0.15) is 13.3 Å². The number of anilines is 2. The number of nitrogen functional groups attached to an aromatic ring is 1. The van der Waals surface area contributed by atoms with Gasteiger partial charge in [0.25, 0.3) is 0 Å². The fraction of sp³-hybridized carbons (Fsp3) is 0.636. The van der Waals surface area contributed by atoms with Gasteiger partial charge in [-0.1, -0.05) is 0 Å². The van der Waals surface area contributed by atoms with E-state index in [1.807, 2.05) is 4.90 Å². The van der Waals surface area contributed by atoms with Gasteiger partial charge in [0, 0.05) is 19.9 Å². The Kier molecular flexibility index (Phi) is 3.17. The van der Waals surface area contributed by atoms with Gasteiger partial charge in [-0.3, -0.25) is 0 Å². The third-order valence-corrected chi connectivity index (χ3v) is 3.10. The van der Waals surface area contributed by atoms with E-state index in [9.17, 15) is 5.11 Å². The molecule has 0 amide bonds. The average Bonchev–Trinajstić information content (AvgIpc) is 2.27. The smallest absolute Gasteiger partial charge is 0.227 e. The molecule has 6 heteroatoms. The number of nitrogens with two attached hydrogens (primary N) is 1. The number of β-amino-alcohol motifs (C(OH)–C–C–N with tert-alkyl or cyclic N) is 1.